The minimum absolute atomic E-state index is 0. The first-order valence-corrected chi connectivity index (χ1v) is 9.20. The van der Waals surface area contributed by atoms with Gasteiger partial charge in [0.25, 0.3) is 0 Å². The number of nitrogens with zero attached hydrogens (tertiary/aromatic N) is 1. The van der Waals surface area contributed by atoms with Crippen molar-refractivity contribution in [2.75, 3.05) is 13.2 Å². The summed E-state index contributed by atoms with van der Waals surface area (Å²) in [5, 5.41) is 12.7. The third-order valence-corrected chi connectivity index (χ3v) is 4.58. The van der Waals surface area contributed by atoms with Gasteiger partial charge in [-0.2, -0.15) is 0 Å². The van der Waals surface area contributed by atoms with Crippen LogP contribution < -0.4 is 4.74 Å². The van der Waals surface area contributed by atoms with E-state index in [1.54, 1.807) is 0 Å². The van der Waals surface area contributed by atoms with Crippen LogP contribution in [0.2, 0.25) is 0 Å². The number of fused-ring (bicyclic) bond motifs is 1. The van der Waals surface area contributed by atoms with Crippen molar-refractivity contribution >= 4 is 23.2 Å². The first kappa shape index (κ1) is 21.2. The number of benzene rings is 3. The Morgan fingerprint density at radius 2 is 1.56 bits per heavy atom. The summed E-state index contributed by atoms with van der Waals surface area (Å²) in [5.41, 5.74) is 1.25. The zero-order valence-corrected chi connectivity index (χ0v) is 16.7. The predicted octanol–water partition coefficient (Wildman–Crippen LogP) is 4.91. The molecule has 4 heteroatoms. The molecular formula is C23H28ClNO2. The van der Waals surface area contributed by atoms with Crippen LogP contribution in [-0.2, 0) is 6.54 Å². The molecule has 0 amide bonds. The molecule has 27 heavy (non-hydrogen) atoms. The second kappa shape index (κ2) is 10.3. The van der Waals surface area contributed by atoms with E-state index in [0.717, 1.165) is 23.1 Å². The van der Waals surface area contributed by atoms with Gasteiger partial charge in [-0.3, -0.25) is 4.90 Å². The molecule has 1 atom stereocenters. The molecule has 0 spiro atoms. The van der Waals surface area contributed by atoms with Gasteiger partial charge in [0.1, 0.15) is 18.5 Å². The van der Waals surface area contributed by atoms with Gasteiger partial charge in [-0.05, 0) is 30.9 Å². The smallest absolute Gasteiger partial charge is 0.127 e. The molecule has 0 aliphatic carbocycles. The van der Waals surface area contributed by atoms with Crippen LogP contribution in [0, 0.1) is 0 Å². The maximum atomic E-state index is 10.5. The Balaban J connectivity index is 0.00000261. The lowest BCUT2D eigenvalue weighted by atomic mass is 10.1. The minimum atomic E-state index is -0.542. The number of ether oxygens (including phenoxy) is 1. The highest BCUT2D eigenvalue weighted by atomic mass is 35.5. The molecule has 3 rings (SSSR count). The fourth-order valence-corrected chi connectivity index (χ4v) is 3.11. The van der Waals surface area contributed by atoms with E-state index >= 15 is 0 Å². The molecule has 0 aromatic heterocycles. The molecule has 144 valence electrons. The highest BCUT2D eigenvalue weighted by molar-refractivity contribution is 5.88. The van der Waals surface area contributed by atoms with Gasteiger partial charge in [0.15, 0.2) is 0 Å². The molecule has 3 nitrogen and oxygen atoms in total. The zero-order chi connectivity index (χ0) is 18.4. The number of rotatable bonds is 8. The maximum Gasteiger partial charge on any atom is 0.127 e. The zero-order valence-electron chi connectivity index (χ0n) is 15.9. The first-order valence-electron chi connectivity index (χ1n) is 9.20. The average molecular weight is 386 g/mol. The maximum absolute atomic E-state index is 10.5. The van der Waals surface area contributed by atoms with Crippen LogP contribution in [0.4, 0.5) is 0 Å². The van der Waals surface area contributed by atoms with Crippen molar-refractivity contribution in [1.82, 2.24) is 4.90 Å². The van der Waals surface area contributed by atoms with Crippen LogP contribution in [0.15, 0.2) is 72.8 Å². The topological polar surface area (TPSA) is 32.7 Å². The molecule has 1 N–H and O–H groups in total. The lowest BCUT2D eigenvalue weighted by molar-refractivity contribution is 0.0547. The summed E-state index contributed by atoms with van der Waals surface area (Å²) in [6.45, 7) is 6.00. The fourth-order valence-electron chi connectivity index (χ4n) is 3.11. The Labute approximate surface area is 168 Å². The van der Waals surface area contributed by atoms with Crippen LogP contribution in [0.25, 0.3) is 10.8 Å². The molecule has 1 unspecified atom stereocenters. The van der Waals surface area contributed by atoms with E-state index in [1.807, 2.05) is 48.5 Å². The van der Waals surface area contributed by atoms with Gasteiger partial charge in [-0.1, -0.05) is 66.7 Å². The van der Waals surface area contributed by atoms with Crippen LogP contribution in [0.1, 0.15) is 19.4 Å². The van der Waals surface area contributed by atoms with Gasteiger partial charge in [0.2, 0.25) is 0 Å². The van der Waals surface area contributed by atoms with E-state index in [2.05, 4.69) is 43.0 Å². The van der Waals surface area contributed by atoms with Crippen molar-refractivity contribution in [3.8, 4) is 5.75 Å². The summed E-state index contributed by atoms with van der Waals surface area (Å²) in [6.07, 6.45) is -0.542. The Morgan fingerprint density at radius 1 is 0.889 bits per heavy atom. The van der Waals surface area contributed by atoms with Gasteiger partial charge in [-0.25, -0.2) is 0 Å². The molecule has 3 aromatic rings. The van der Waals surface area contributed by atoms with Crippen molar-refractivity contribution in [3.63, 3.8) is 0 Å². The lowest BCUT2D eigenvalue weighted by Crippen LogP contribution is -2.39. The molecule has 0 aliphatic heterocycles. The van der Waals surface area contributed by atoms with Crippen molar-refractivity contribution in [2.24, 2.45) is 0 Å². The van der Waals surface area contributed by atoms with Gasteiger partial charge < -0.3 is 9.84 Å². The summed E-state index contributed by atoms with van der Waals surface area (Å²) in [6, 6.07) is 24.9. The normalized spacial score (nSPS) is 12.2. The highest BCUT2D eigenvalue weighted by Crippen LogP contribution is 2.25. The molecule has 0 radical (unpaired) electrons. The summed E-state index contributed by atoms with van der Waals surface area (Å²) in [5.74, 6) is 0.821. The third kappa shape index (κ3) is 5.96. The Kier molecular flexibility index (Phi) is 8.11. The SMILES string of the molecule is CC(C)N(Cc1ccccc1)CC(O)COc1cccc2ccccc12.Cl. The Morgan fingerprint density at radius 3 is 2.30 bits per heavy atom. The molecule has 3 aromatic carbocycles. The van der Waals surface area contributed by atoms with Crippen molar-refractivity contribution in [3.05, 3.63) is 78.4 Å². The summed E-state index contributed by atoms with van der Waals surface area (Å²) in [4.78, 5) is 2.27. The second-order valence-corrected chi connectivity index (χ2v) is 6.95. The van der Waals surface area contributed by atoms with E-state index in [-0.39, 0.29) is 19.0 Å². The average Bonchev–Trinajstić information content (AvgIpc) is 2.66. The monoisotopic (exact) mass is 385 g/mol. The summed E-state index contributed by atoms with van der Waals surface area (Å²) >= 11 is 0. The van der Waals surface area contributed by atoms with Gasteiger partial charge in [-0.15, -0.1) is 12.4 Å². The molecule has 0 saturated carbocycles. The highest BCUT2D eigenvalue weighted by Gasteiger charge is 2.16. The van der Waals surface area contributed by atoms with Gasteiger partial charge in [0.05, 0.1) is 0 Å². The van der Waals surface area contributed by atoms with E-state index < -0.39 is 6.10 Å². The van der Waals surface area contributed by atoms with E-state index in [1.165, 1.54) is 5.56 Å². The predicted molar refractivity (Wildman–Crippen MR) is 115 cm³/mol. The van der Waals surface area contributed by atoms with E-state index in [4.69, 9.17) is 4.74 Å². The number of hydrogen-bond acceptors (Lipinski definition) is 3. The van der Waals surface area contributed by atoms with Crippen LogP contribution in [0.3, 0.4) is 0 Å². The van der Waals surface area contributed by atoms with Crippen LogP contribution >= 0.6 is 12.4 Å². The van der Waals surface area contributed by atoms with Crippen molar-refractivity contribution in [2.45, 2.75) is 32.5 Å². The molecule has 0 aliphatic rings. The molecule has 0 bridgehead atoms. The van der Waals surface area contributed by atoms with Crippen molar-refractivity contribution < 1.29 is 9.84 Å². The molecule has 0 fully saturated rings. The number of hydrogen-bond donors (Lipinski definition) is 1. The van der Waals surface area contributed by atoms with E-state index in [9.17, 15) is 5.11 Å². The number of halogens is 1. The number of aliphatic hydroxyl groups excluding tert-OH is 1. The van der Waals surface area contributed by atoms with Crippen molar-refractivity contribution in [1.29, 1.82) is 0 Å². The molecule has 0 saturated heterocycles. The first-order chi connectivity index (χ1) is 12.6. The second-order valence-electron chi connectivity index (χ2n) is 6.95. The summed E-state index contributed by atoms with van der Waals surface area (Å²) < 4.78 is 5.94. The fraction of sp³-hybridized carbons (Fsp3) is 0.304. The van der Waals surface area contributed by atoms with Crippen LogP contribution in [0.5, 0.6) is 5.75 Å². The van der Waals surface area contributed by atoms with Gasteiger partial charge in [0, 0.05) is 24.5 Å². The minimum Gasteiger partial charge on any atom is -0.490 e. The Bertz CT molecular complexity index is 817. The van der Waals surface area contributed by atoms with Crippen LogP contribution in [-0.4, -0.2) is 35.3 Å². The Hall–Kier alpha value is -2.07. The van der Waals surface area contributed by atoms with Gasteiger partial charge >= 0.3 is 0 Å². The molecular weight excluding hydrogens is 358 g/mol. The standard InChI is InChI=1S/C23H27NO2.ClH/c1-18(2)24(15-19-9-4-3-5-10-19)16-21(25)17-26-23-14-8-12-20-11-6-7-13-22(20)23;/h3-14,18,21,25H,15-17H2,1-2H3;1H. The summed E-state index contributed by atoms with van der Waals surface area (Å²) in [7, 11) is 0. The molecule has 0 heterocycles. The quantitative estimate of drug-likeness (QED) is 0.597. The lowest BCUT2D eigenvalue weighted by Gasteiger charge is -2.29. The third-order valence-electron chi connectivity index (χ3n) is 4.58. The van der Waals surface area contributed by atoms with E-state index in [0.29, 0.717) is 12.6 Å². The largest absolute Gasteiger partial charge is 0.490 e. The number of aliphatic hydroxyl groups is 1.